The van der Waals surface area contributed by atoms with Gasteiger partial charge in [0.2, 0.25) is 0 Å². The van der Waals surface area contributed by atoms with E-state index in [-0.39, 0.29) is 16.7 Å². The summed E-state index contributed by atoms with van der Waals surface area (Å²) in [7, 11) is 0. The van der Waals surface area contributed by atoms with Gasteiger partial charge in [0.05, 0.1) is 0 Å². The normalized spacial score (nSPS) is 11.6. The van der Waals surface area contributed by atoms with Crippen molar-refractivity contribution in [2.75, 3.05) is 0 Å². The number of nitrogens with two attached hydrogens (primary N) is 1. The molecule has 0 aromatic carbocycles. The Morgan fingerprint density at radius 2 is 2.00 bits per heavy atom. The highest BCUT2D eigenvalue weighted by molar-refractivity contribution is 9.11. The van der Waals surface area contributed by atoms with Gasteiger partial charge in [-0.2, -0.15) is 0 Å². The van der Waals surface area contributed by atoms with Crippen LogP contribution in [0.3, 0.4) is 0 Å². The number of aromatic nitrogens is 1. The van der Waals surface area contributed by atoms with Crippen molar-refractivity contribution < 1.29 is 17.9 Å². The Bertz CT molecular complexity index is 370. The molecule has 1 aromatic rings. The first-order valence-corrected chi connectivity index (χ1v) is 5.23. The minimum absolute atomic E-state index is 0.0466. The van der Waals surface area contributed by atoms with Crippen LogP contribution in [0.5, 0.6) is 5.75 Å². The first-order chi connectivity index (χ1) is 6.83. The maximum absolute atomic E-state index is 12.0. The van der Waals surface area contributed by atoms with Crippen LogP contribution in [0.1, 0.15) is 5.56 Å². The summed E-state index contributed by atoms with van der Waals surface area (Å²) in [5, 5.41) is 0. The fourth-order valence-electron chi connectivity index (χ4n) is 0.894. The van der Waals surface area contributed by atoms with Gasteiger partial charge in [-0.05, 0) is 37.9 Å². The zero-order valence-corrected chi connectivity index (χ0v) is 10.3. The van der Waals surface area contributed by atoms with E-state index in [4.69, 9.17) is 5.73 Å². The lowest BCUT2D eigenvalue weighted by atomic mass is 10.2. The molecule has 0 atom stereocenters. The molecule has 0 radical (unpaired) electrons. The number of nitrogens with zero attached hydrogens (tertiary/aromatic N) is 1. The van der Waals surface area contributed by atoms with E-state index >= 15 is 0 Å². The number of hydrogen-bond acceptors (Lipinski definition) is 3. The van der Waals surface area contributed by atoms with E-state index in [2.05, 4.69) is 41.6 Å². The van der Waals surface area contributed by atoms with E-state index in [0.717, 1.165) is 0 Å². The predicted octanol–water partition coefficient (Wildman–Crippen LogP) is 2.96. The monoisotopic (exact) mass is 348 g/mol. The van der Waals surface area contributed by atoms with E-state index in [1.54, 1.807) is 0 Å². The second-order valence-electron chi connectivity index (χ2n) is 2.48. The highest BCUT2D eigenvalue weighted by Gasteiger charge is 2.33. The van der Waals surface area contributed by atoms with Gasteiger partial charge in [0.1, 0.15) is 9.21 Å². The molecule has 0 aliphatic heterocycles. The zero-order chi connectivity index (χ0) is 11.6. The fourth-order valence-corrected chi connectivity index (χ4v) is 2.11. The van der Waals surface area contributed by atoms with Crippen LogP contribution >= 0.6 is 31.9 Å². The standard InChI is InChI=1S/C7H5Br2F3N2O/c8-4-1-3(2-13)5(6(9)14-4)15-7(10,11)12/h1H,2,13H2. The molecule has 1 rings (SSSR count). The van der Waals surface area contributed by atoms with Crippen molar-refractivity contribution in [2.24, 2.45) is 5.73 Å². The summed E-state index contributed by atoms with van der Waals surface area (Å²) in [6.45, 7) is -0.0782. The number of alkyl halides is 3. The summed E-state index contributed by atoms with van der Waals surface area (Å²) in [6.07, 6.45) is -4.76. The summed E-state index contributed by atoms with van der Waals surface area (Å²) in [5.74, 6) is -0.409. The largest absolute Gasteiger partial charge is 0.573 e. The van der Waals surface area contributed by atoms with Crippen molar-refractivity contribution in [3.8, 4) is 5.75 Å². The van der Waals surface area contributed by atoms with Crippen molar-refractivity contribution in [3.05, 3.63) is 20.8 Å². The topological polar surface area (TPSA) is 48.1 Å². The van der Waals surface area contributed by atoms with Crippen LogP contribution in [0.4, 0.5) is 13.2 Å². The maximum atomic E-state index is 12.0. The molecule has 0 aliphatic carbocycles. The highest BCUT2D eigenvalue weighted by Crippen LogP contribution is 2.33. The molecule has 1 heterocycles. The molecule has 3 nitrogen and oxygen atoms in total. The second-order valence-corrected chi connectivity index (χ2v) is 4.04. The SMILES string of the molecule is NCc1cc(Br)nc(Br)c1OC(F)(F)F. The van der Waals surface area contributed by atoms with Crippen molar-refractivity contribution in [3.63, 3.8) is 0 Å². The van der Waals surface area contributed by atoms with Gasteiger partial charge in [-0.15, -0.1) is 13.2 Å². The van der Waals surface area contributed by atoms with Crippen LogP contribution in [0.15, 0.2) is 15.3 Å². The van der Waals surface area contributed by atoms with Gasteiger partial charge in [-0.1, -0.05) is 0 Å². The average Bonchev–Trinajstić information content (AvgIpc) is 2.07. The molecule has 0 aliphatic rings. The molecule has 0 bridgehead atoms. The number of hydrogen-bond donors (Lipinski definition) is 1. The predicted molar refractivity (Wildman–Crippen MR) is 54.2 cm³/mol. The Morgan fingerprint density at radius 3 is 2.47 bits per heavy atom. The van der Waals surface area contributed by atoms with Crippen molar-refractivity contribution in [1.82, 2.24) is 4.98 Å². The van der Waals surface area contributed by atoms with Crippen molar-refractivity contribution in [1.29, 1.82) is 0 Å². The number of ether oxygens (including phenoxy) is 1. The van der Waals surface area contributed by atoms with E-state index in [0.29, 0.717) is 4.60 Å². The fraction of sp³-hybridized carbons (Fsp3) is 0.286. The lowest BCUT2D eigenvalue weighted by Gasteiger charge is -2.13. The molecule has 8 heteroatoms. The van der Waals surface area contributed by atoms with Gasteiger partial charge in [0.15, 0.2) is 5.75 Å². The van der Waals surface area contributed by atoms with Crippen molar-refractivity contribution >= 4 is 31.9 Å². The molecule has 0 fully saturated rings. The Kier molecular flexibility index (Phi) is 3.96. The number of halogens is 5. The lowest BCUT2D eigenvalue weighted by molar-refractivity contribution is -0.275. The van der Waals surface area contributed by atoms with Gasteiger partial charge >= 0.3 is 6.36 Å². The zero-order valence-electron chi connectivity index (χ0n) is 7.11. The first-order valence-electron chi connectivity index (χ1n) is 3.64. The van der Waals surface area contributed by atoms with Gasteiger partial charge in [0.25, 0.3) is 0 Å². The van der Waals surface area contributed by atoms with E-state index < -0.39 is 12.1 Å². The Labute approximate surface area is 100 Å². The van der Waals surface area contributed by atoms with Gasteiger partial charge in [0, 0.05) is 12.1 Å². The van der Waals surface area contributed by atoms with Gasteiger partial charge in [-0.25, -0.2) is 4.98 Å². The minimum atomic E-state index is -4.76. The molecule has 84 valence electrons. The van der Waals surface area contributed by atoms with Crippen LogP contribution in [0, 0.1) is 0 Å². The molecular weight excluding hydrogens is 345 g/mol. The molecule has 0 spiro atoms. The molecule has 2 N–H and O–H groups in total. The molecule has 0 saturated heterocycles. The number of pyridine rings is 1. The Hall–Kier alpha value is -0.340. The lowest BCUT2D eigenvalue weighted by Crippen LogP contribution is -2.19. The molecule has 0 amide bonds. The molecule has 0 unspecified atom stereocenters. The second kappa shape index (κ2) is 4.67. The third-order valence-corrected chi connectivity index (χ3v) is 2.36. The smallest absolute Gasteiger partial charge is 0.403 e. The molecule has 0 saturated carbocycles. The van der Waals surface area contributed by atoms with Gasteiger partial charge in [-0.3, -0.25) is 0 Å². The Balaban J connectivity index is 3.15. The summed E-state index contributed by atoms with van der Waals surface area (Å²) in [4.78, 5) is 3.72. The van der Waals surface area contributed by atoms with E-state index in [9.17, 15) is 13.2 Å². The summed E-state index contributed by atoms with van der Waals surface area (Å²) < 4.78 is 40.2. The van der Waals surface area contributed by atoms with Crippen molar-refractivity contribution in [2.45, 2.75) is 12.9 Å². The first kappa shape index (κ1) is 12.7. The van der Waals surface area contributed by atoms with Crippen LogP contribution in [-0.2, 0) is 6.54 Å². The van der Waals surface area contributed by atoms with E-state index in [1.165, 1.54) is 6.07 Å². The third-order valence-electron chi connectivity index (χ3n) is 1.42. The van der Waals surface area contributed by atoms with Crippen LogP contribution in [-0.4, -0.2) is 11.3 Å². The summed E-state index contributed by atoms with van der Waals surface area (Å²) in [6, 6.07) is 1.37. The maximum Gasteiger partial charge on any atom is 0.573 e. The van der Waals surface area contributed by atoms with Gasteiger partial charge < -0.3 is 10.5 Å². The van der Waals surface area contributed by atoms with Crippen LogP contribution in [0.25, 0.3) is 0 Å². The summed E-state index contributed by atoms with van der Waals surface area (Å²) in [5.41, 5.74) is 5.50. The quantitative estimate of drug-likeness (QED) is 0.835. The van der Waals surface area contributed by atoms with Crippen LogP contribution < -0.4 is 10.5 Å². The number of rotatable bonds is 2. The molecule has 15 heavy (non-hydrogen) atoms. The molecular formula is C7H5Br2F3N2O. The molecule has 1 aromatic heterocycles. The highest BCUT2D eigenvalue weighted by atomic mass is 79.9. The summed E-state index contributed by atoms with van der Waals surface area (Å²) >= 11 is 5.90. The van der Waals surface area contributed by atoms with Crippen LogP contribution in [0.2, 0.25) is 0 Å². The van der Waals surface area contributed by atoms with E-state index in [1.807, 2.05) is 0 Å². The minimum Gasteiger partial charge on any atom is -0.403 e. The Morgan fingerprint density at radius 1 is 1.40 bits per heavy atom. The third kappa shape index (κ3) is 3.62. The average molecular weight is 350 g/mol.